The van der Waals surface area contributed by atoms with Crippen LogP contribution in [-0.4, -0.2) is 36.7 Å². The van der Waals surface area contributed by atoms with E-state index < -0.39 is 27.6 Å². The molecule has 4 rings (SSSR count). The first-order valence-electron chi connectivity index (χ1n) is 11.6. The summed E-state index contributed by atoms with van der Waals surface area (Å²) in [5.74, 6) is -0.389. The lowest BCUT2D eigenvalue weighted by atomic mass is 9.93. The highest BCUT2D eigenvalue weighted by Gasteiger charge is 2.24. The number of carboxylic acid groups (broad SMARTS) is 1. The van der Waals surface area contributed by atoms with E-state index in [9.17, 15) is 18.3 Å². The van der Waals surface area contributed by atoms with Crippen molar-refractivity contribution in [2.45, 2.75) is 57.3 Å². The quantitative estimate of drug-likeness (QED) is 0.345. The maximum atomic E-state index is 13.0. The predicted molar refractivity (Wildman–Crippen MR) is 143 cm³/mol. The molecule has 37 heavy (non-hydrogen) atoms. The van der Waals surface area contributed by atoms with Crippen molar-refractivity contribution < 1.29 is 28.2 Å². The van der Waals surface area contributed by atoms with E-state index in [1.807, 2.05) is 32.0 Å². The molecule has 0 aliphatic carbocycles. The van der Waals surface area contributed by atoms with E-state index >= 15 is 0 Å². The van der Waals surface area contributed by atoms with Crippen LogP contribution in [0.25, 0.3) is 0 Å². The van der Waals surface area contributed by atoms with Gasteiger partial charge in [0.15, 0.2) is 0 Å². The number of sulfonamides is 1. The SMILES string of the molecule is C.CC(C)(Cc1cccc(CC(=O)O)c1)NCC(O)c1ccc2cc1NS(=O)(=O)c1cccc(c1)CO2. The number of ether oxygens (including phenoxy) is 1. The molecule has 4 N–H and O–H groups in total. The van der Waals surface area contributed by atoms with E-state index in [1.54, 1.807) is 42.5 Å². The van der Waals surface area contributed by atoms with Gasteiger partial charge in [-0.25, -0.2) is 8.42 Å². The topological polar surface area (TPSA) is 125 Å². The molecule has 1 aliphatic heterocycles. The van der Waals surface area contributed by atoms with Gasteiger partial charge in [-0.05, 0) is 55.2 Å². The van der Waals surface area contributed by atoms with Crippen LogP contribution in [0.3, 0.4) is 0 Å². The summed E-state index contributed by atoms with van der Waals surface area (Å²) >= 11 is 0. The van der Waals surface area contributed by atoms with E-state index in [1.165, 1.54) is 6.07 Å². The highest BCUT2D eigenvalue weighted by atomic mass is 32.2. The molecule has 1 aliphatic rings. The molecule has 3 aromatic rings. The Morgan fingerprint density at radius 2 is 1.81 bits per heavy atom. The standard InChI is InChI=1S/C27H30N2O6S.CH4/c1-27(2,15-19-6-3-5-18(11-19)13-26(31)32)28-16-25(30)23-10-9-21-14-24(23)29-36(33,34)22-8-4-7-20(12-22)17-35-21;/h3-12,14,25,28-30H,13,15-17H2,1-2H3,(H,31,32);1H4. The van der Waals surface area contributed by atoms with E-state index in [-0.39, 0.29) is 37.6 Å². The van der Waals surface area contributed by atoms with Gasteiger partial charge in [-0.1, -0.05) is 49.9 Å². The summed E-state index contributed by atoms with van der Waals surface area (Å²) < 4.78 is 34.4. The third-order valence-corrected chi connectivity index (χ3v) is 7.37. The van der Waals surface area contributed by atoms with Gasteiger partial charge in [-0.3, -0.25) is 9.52 Å². The lowest BCUT2D eigenvalue weighted by molar-refractivity contribution is -0.136. The Morgan fingerprint density at radius 1 is 1.08 bits per heavy atom. The number of anilines is 1. The molecule has 0 radical (unpaired) electrons. The van der Waals surface area contributed by atoms with E-state index in [2.05, 4.69) is 10.0 Å². The normalized spacial score (nSPS) is 14.9. The highest BCUT2D eigenvalue weighted by Crippen LogP contribution is 2.31. The largest absolute Gasteiger partial charge is 0.489 e. The minimum atomic E-state index is -3.85. The minimum Gasteiger partial charge on any atom is -0.489 e. The Labute approximate surface area is 218 Å². The van der Waals surface area contributed by atoms with Crippen LogP contribution in [0.1, 0.15) is 49.6 Å². The fraction of sp³-hybridized carbons (Fsp3) is 0.321. The Kier molecular flexibility index (Phi) is 8.63. The Bertz CT molecular complexity index is 1370. The van der Waals surface area contributed by atoms with Gasteiger partial charge in [0.2, 0.25) is 0 Å². The molecule has 1 heterocycles. The van der Waals surface area contributed by atoms with Crippen LogP contribution >= 0.6 is 0 Å². The number of aliphatic hydroxyl groups is 1. The molecule has 0 amide bonds. The highest BCUT2D eigenvalue weighted by molar-refractivity contribution is 7.92. The zero-order chi connectivity index (χ0) is 25.9. The number of aliphatic hydroxyl groups excluding tert-OH is 1. The maximum absolute atomic E-state index is 13.0. The van der Waals surface area contributed by atoms with Gasteiger partial charge >= 0.3 is 5.97 Å². The third-order valence-electron chi connectivity index (χ3n) is 6.01. The molecule has 1 unspecified atom stereocenters. The van der Waals surface area contributed by atoms with Crippen molar-refractivity contribution in [1.29, 1.82) is 0 Å². The van der Waals surface area contributed by atoms with Crippen LogP contribution < -0.4 is 14.8 Å². The van der Waals surface area contributed by atoms with Crippen molar-refractivity contribution in [3.8, 4) is 5.75 Å². The number of hydrogen-bond acceptors (Lipinski definition) is 6. The van der Waals surface area contributed by atoms with Gasteiger partial charge in [-0.2, -0.15) is 0 Å². The molecular formula is C28H34N2O6S. The van der Waals surface area contributed by atoms with Crippen LogP contribution in [0.2, 0.25) is 0 Å². The third kappa shape index (κ3) is 7.31. The first-order chi connectivity index (χ1) is 17.0. The molecule has 0 saturated carbocycles. The number of aliphatic carboxylic acids is 1. The van der Waals surface area contributed by atoms with E-state index in [0.717, 1.165) is 16.7 Å². The smallest absolute Gasteiger partial charge is 0.307 e. The van der Waals surface area contributed by atoms with Crippen LogP contribution in [0.15, 0.2) is 71.6 Å². The van der Waals surface area contributed by atoms with Crippen molar-refractivity contribution in [2.75, 3.05) is 11.3 Å². The first kappa shape index (κ1) is 28.2. The number of carbonyl (C=O) groups is 1. The van der Waals surface area contributed by atoms with Gasteiger partial charge in [0.1, 0.15) is 12.4 Å². The number of nitrogens with one attached hydrogen (secondary N) is 2. The zero-order valence-corrected chi connectivity index (χ0v) is 21.0. The van der Waals surface area contributed by atoms with Gasteiger partial charge < -0.3 is 20.3 Å². The van der Waals surface area contributed by atoms with Crippen LogP contribution in [0, 0.1) is 0 Å². The maximum Gasteiger partial charge on any atom is 0.307 e. The molecule has 0 spiro atoms. The molecule has 3 aromatic carbocycles. The van der Waals surface area contributed by atoms with Crippen molar-refractivity contribution in [3.05, 3.63) is 89.0 Å². The predicted octanol–water partition coefficient (Wildman–Crippen LogP) is 4.29. The monoisotopic (exact) mass is 526 g/mol. The second-order valence-corrected chi connectivity index (χ2v) is 11.3. The summed E-state index contributed by atoms with van der Waals surface area (Å²) in [6.07, 6.45) is -0.428. The van der Waals surface area contributed by atoms with Crippen molar-refractivity contribution >= 4 is 21.7 Å². The number of carboxylic acids is 1. The second-order valence-electron chi connectivity index (χ2n) is 9.64. The fourth-order valence-corrected chi connectivity index (χ4v) is 5.41. The molecule has 9 heteroatoms. The van der Waals surface area contributed by atoms with Gasteiger partial charge in [-0.15, -0.1) is 0 Å². The summed E-state index contributed by atoms with van der Waals surface area (Å²) in [5.41, 5.74) is 2.71. The summed E-state index contributed by atoms with van der Waals surface area (Å²) in [6.45, 7) is 4.38. The Morgan fingerprint density at radius 3 is 2.57 bits per heavy atom. The van der Waals surface area contributed by atoms with Gasteiger partial charge in [0.25, 0.3) is 10.0 Å². The van der Waals surface area contributed by atoms with E-state index in [4.69, 9.17) is 9.84 Å². The summed E-state index contributed by atoms with van der Waals surface area (Å²) in [5, 5.41) is 23.4. The van der Waals surface area contributed by atoms with Gasteiger partial charge in [0.05, 0.1) is 23.1 Å². The number of fused-ring (bicyclic) bond motifs is 4. The lowest BCUT2D eigenvalue weighted by Crippen LogP contribution is -2.43. The second kappa shape index (κ2) is 11.3. The van der Waals surface area contributed by atoms with E-state index in [0.29, 0.717) is 17.7 Å². The molecule has 4 bridgehead atoms. The van der Waals surface area contributed by atoms with Gasteiger partial charge in [0, 0.05) is 23.7 Å². The van der Waals surface area contributed by atoms with Crippen molar-refractivity contribution in [1.82, 2.24) is 5.32 Å². The molecule has 8 nitrogen and oxygen atoms in total. The van der Waals surface area contributed by atoms with Crippen molar-refractivity contribution in [2.24, 2.45) is 0 Å². The molecular weight excluding hydrogens is 492 g/mol. The molecule has 198 valence electrons. The summed E-state index contributed by atoms with van der Waals surface area (Å²) in [6, 6.07) is 19.0. The summed E-state index contributed by atoms with van der Waals surface area (Å²) in [4.78, 5) is 11.2. The molecule has 0 saturated heterocycles. The lowest BCUT2D eigenvalue weighted by Gasteiger charge is -2.29. The number of benzene rings is 3. The zero-order valence-electron chi connectivity index (χ0n) is 20.2. The number of β-amino-alcohol motifs (C(OH)–C–C–N with tert-alkyl or cyclic N) is 1. The molecule has 1 atom stereocenters. The fourth-order valence-electron chi connectivity index (χ4n) is 4.26. The molecule has 0 fully saturated rings. The van der Waals surface area contributed by atoms with Crippen LogP contribution in [-0.2, 0) is 34.3 Å². The first-order valence-corrected chi connectivity index (χ1v) is 13.1. The average molecular weight is 527 g/mol. The van der Waals surface area contributed by atoms with Crippen molar-refractivity contribution in [3.63, 3.8) is 0 Å². The number of hydrogen-bond donors (Lipinski definition) is 4. The van der Waals surface area contributed by atoms with Crippen LogP contribution in [0.4, 0.5) is 5.69 Å². The minimum absolute atomic E-state index is 0. The Balaban J connectivity index is 0.00000380. The number of rotatable bonds is 8. The Hall–Kier alpha value is -3.40. The average Bonchev–Trinajstić information content (AvgIpc) is 2.80. The van der Waals surface area contributed by atoms with Crippen LogP contribution in [0.5, 0.6) is 5.75 Å². The summed E-state index contributed by atoms with van der Waals surface area (Å²) in [7, 11) is -3.85. The molecule has 0 aromatic heterocycles.